The molecule has 1 unspecified atom stereocenters. The zero-order valence-corrected chi connectivity index (χ0v) is 9.53. The largest absolute Gasteiger partial charge is 0.384 e. The van der Waals surface area contributed by atoms with E-state index < -0.39 is 6.10 Å². The molecule has 1 atom stereocenters. The third kappa shape index (κ3) is 6.46. The van der Waals surface area contributed by atoms with Crippen LogP contribution in [0.3, 0.4) is 0 Å². The van der Waals surface area contributed by atoms with Gasteiger partial charge in [0.15, 0.2) is 0 Å². The van der Waals surface area contributed by atoms with Gasteiger partial charge in [-0.2, -0.15) is 0 Å². The lowest BCUT2D eigenvalue weighted by molar-refractivity contribution is 0.228. The maximum Gasteiger partial charge on any atom is 0.123 e. The molecule has 0 aromatic carbocycles. The molecule has 3 N–H and O–H groups in total. The van der Waals surface area contributed by atoms with Gasteiger partial charge in [-0.15, -0.1) is 6.42 Å². The molecule has 1 rings (SSSR count). The van der Waals surface area contributed by atoms with E-state index in [4.69, 9.17) is 17.3 Å². The number of hydrogen-bond acceptors (Lipinski definition) is 3. The molecule has 0 aliphatic rings. The van der Waals surface area contributed by atoms with Gasteiger partial charge in [0.1, 0.15) is 11.9 Å². The number of aromatic nitrogens is 1. The van der Waals surface area contributed by atoms with Crippen LogP contribution in [0, 0.1) is 12.3 Å². The molecular weight excluding hydrogens is 244 g/mol. The fourth-order valence-electron chi connectivity index (χ4n) is 0.505. The van der Waals surface area contributed by atoms with Gasteiger partial charge in [-0.25, -0.2) is 4.98 Å². The SMILES string of the molecule is C#CC(O)CC.Nc1ccc(Br)cn1. The summed E-state index contributed by atoms with van der Waals surface area (Å²) in [7, 11) is 0. The highest BCUT2D eigenvalue weighted by Crippen LogP contribution is 2.07. The van der Waals surface area contributed by atoms with E-state index in [1.165, 1.54) is 0 Å². The van der Waals surface area contributed by atoms with Crippen molar-refractivity contribution >= 4 is 21.7 Å². The van der Waals surface area contributed by atoms with Gasteiger partial charge in [0, 0.05) is 10.7 Å². The Kier molecular flexibility index (Phi) is 6.81. The maximum absolute atomic E-state index is 8.43. The van der Waals surface area contributed by atoms with Crippen LogP contribution in [0.1, 0.15) is 13.3 Å². The standard InChI is InChI=1S/C5H5BrN2.C5H8O/c6-4-1-2-5(7)8-3-4;1-3-5(6)4-2/h1-3H,(H2,7,8);1,5-6H,4H2,2H3. The second-order valence-electron chi connectivity index (χ2n) is 2.49. The summed E-state index contributed by atoms with van der Waals surface area (Å²) in [5.74, 6) is 2.72. The molecule has 1 aromatic rings. The van der Waals surface area contributed by atoms with Gasteiger partial charge >= 0.3 is 0 Å². The maximum atomic E-state index is 8.43. The Balaban J connectivity index is 0.000000255. The second-order valence-corrected chi connectivity index (χ2v) is 3.41. The van der Waals surface area contributed by atoms with E-state index in [0.717, 1.165) is 4.47 Å². The van der Waals surface area contributed by atoms with Crippen molar-refractivity contribution in [3.8, 4) is 12.3 Å². The molecule has 0 aliphatic carbocycles. The summed E-state index contributed by atoms with van der Waals surface area (Å²) in [6.07, 6.45) is 6.56. The summed E-state index contributed by atoms with van der Waals surface area (Å²) in [6.45, 7) is 1.84. The minimum atomic E-state index is -0.537. The van der Waals surface area contributed by atoms with Crippen molar-refractivity contribution in [3.05, 3.63) is 22.8 Å². The molecule has 0 aliphatic heterocycles. The number of pyridine rings is 1. The van der Waals surface area contributed by atoms with Gasteiger partial charge in [-0.3, -0.25) is 0 Å². The summed E-state index contributed by atoms with van der Waals surface area (Å²) in [6, 6.07) is 3.59. The van der Waals surface area contributed by atoms with Gasteiger partial charge in [0.25, 0.3) is 0 Å². The number of nitrogen functional groups attached to an aromatic ring is 1. The molecule has 0 spiro atoms. The molecule has 0 saturated carbocycles. The third-order valence-electron chi connectivity index (χ3n) is 1.33. The van der Waals surface area contributed by atoms with Crippen LogP contribution in [0.4, 0.5) is 5.82 Å². The smallest absolute Gasteiger partial charge is 0.123 e. The average Bonchev–Trinajstić information content (AvgIpc) is 2.22. The molecule has 4 heteroatoms. The fourth-order valence-corrected chi connectivity index (χ4v) is 0.740. The molecule has 0 fully saturated rings. The molecule has 1 heterocycles. The Labute approximate surface area is 92.5 Å². The van der Waals surface area contributed by atoms with Gasteiger partial charge in [0.05, 0.1) is 0 Å². The van der Waals surface area contributed by atoms with E-state index in [9.17, 15) is 0 Å². The molecule has 1 aromatic heterocycles. The lowest BCUT2D eigenvalue weighted by Gasteiger charge is -1.90. The fraction of sp³-hybridized carbons (Fsp3) is 0.300. The highest BCUT2D eigenvalue weighted by molar-refractivity contribution is 9.10. The van der Waals surface area contributed by atoms with Crippen LogP contribution >= 0.6 is 15.9 Å². The number of nitrogens with two attached hydrogens (primary N) is 1. The van der Waals surface area contributed by atoms with Gasteiger partial charge in [0.2, 0.25) is 0 Å². The van der Waals surface area contributed by atoms with E-state index >= 15 is 0 Å². The normalized spacial score (nSPS) is 10.7. The molecule has 14 heavy (non-hydrogen) atoms. The Morgan fingerprint density at radius 2 is 2.36 bits per heavy atom. The van der Waals surface area contributed by atoms with Crippen LogP contribution in [0.15, 0.2) is 22.8 Å². The highest BCUT2D eigenvalue weighted by atomic mass is 79.9. The Morgan fingerprint density at radius 3 is 2.57 bits per heavy atom. The second kappa shape index (κ2) is 7.36. The number of rotatable bonds is 1. The first kappa shape index (κ1) is 12.9. The first-order valence-electron chi connectivity index (χ1n) is 4.11. The van der Waals surface area contributed by atoms with Crippen molar-refractivity contribution in [2.45, 2.75) is 19.4 Å². The molecule has 0 bridgehead atoms. The molecule has 0 radical (unpaired) electrons. The van der Waals surface area contributed by atoms with Crippen LogP contribution in [0.25, 0.3) is 0 Å². The number of halogens is 1. The summed E-state index contributed by atoms with van der Waals surface area (Å²) < 4.78 is 0.951. The Bertz CT molecular complexity index is 271. The molecule has 76 valence electrons. The van der Waals surface area contributed by atoms with Crippen molar-refractivity contribution in [3.63, 3.8) is 0 Å². The molecule has 0 saturated heterocycles. The Hall–Kier alpha value is -1.05. The van der Waals surface area contributed by atoms with Crippen molar-refractivity contribution in [1.82, 2.24) is 4.98 Å². The van der Waals surface area contributed by atoms with Crippen molar-refractivity contribution in [2.75, 3.05) is 5.73 Å². The summed E-state index contributed by atoms with van der Waals surface area (Å²) in [5, 5.41) is 8.43. The summed E-state index contributed by atoms with van der Waals surface area (Å²) in [4.78, 5) is 3.81. The number of hydrogen-bond donors (Lipinski definition) is 2. The van der Waals surface area contributed by atoms with Gasteiger partial charge < -0.3 is 10.8 Å². The minimum absolute atomic E-state index is 0.537. The van der Waals surface area contributed by atoms with E-state index in [0.29, 0.717) is 12.2 Å². The van der Waals surface area contributed by atoms with Crippen LogP contribution in [0.2, 0.25) is 0 Å². The zero-order valence-electron chi connectivity index (χ0n) is 7.94. The van der Waals surface area contributed by atoms with Gasteiger partial charge in [-0.1, -0.05) is 12.8 Å². The van der Waals surface area contributed by atoms with E-state index in [2.05, 4.69) is 26.8 Å². The van der Waals surface area contributed by atoms with Crippen molar-refractivity contribution in [2.24, 2.45) is 0 Å². The van der Waals surface area contributed by atoms with Crippen molar-refractivity contribution < 1.29 is 5.11 Å². The number of anilines is 1. The first-order valence-corrected chi connectivity index (χ1v) is 4.90. The molecular formula is C10H13BrN2O. The van der Waals surface area contributed by atoms with Crippen LogP contribution in [0.5, 0.6) is 0 Å². The predicted octanol–water partition coefficient (Wildman–Crippen LogP) is 1.82. The quantitative estimate of drug-likeness (QED) is 0.754. The number of aliphatic hydroxyl groups excluding tert-OH is 1. The topological polar surface area (TPSA) is 59.1 Å². The predicted molar refractivity (Wildman–Crippen MR) is 61.5 cm³/mol. The van der Waals surface area contributed by atoms with E-state index in [1.54, 1.807) is 12.3 Å². The average molecular weight is 257 g/mol. The summed E-state index contributed by atoms with van der Waals surface area (Å²) >= 11 is 3.23. The highest BCUT2D eigenvalue weighted by Gasteiger charge is 1.86. The summed E-state index contributed by atoms with van der Waals surface area (Å²) in [5.41, 5.74) is 5.29. The third-order valence-corrected chi connectivity index (χ3v) is 1.80. The van der Waals surface area contributed by atoms with Crippen LogP contribution in [-0.2, 0) is 0 Å². The molecule has 3 nitrogen and oxygen atoms in total. The van der Waals surface area contributed by atoms with E-state index in [-0.39, 0.29) is 0 Å². The Morgan fingerprint density at radius 1 is 1.71 bits per heavy atom. The van der Waals surface area contributed by atoms with Gasteiger partial charge in [-0.05, 0) is 34.5 Å². The van der Waals surface area contributed by atoms with E-state index in [1.807, 2.05) is 13.0 Å². The zero-order chi connectivity index (χ0) is 11.0. The lowest BCUT2D eigenvalue weighted by atomic mass is 10.3. The molecule has 0 amide bonds. The lowest BCUT2D eigenvalue weighted by Crippen LogP contribution is -1.97. The van der Waals surface area contributed by atoms with Crippen LogP contribution < -0.4 is 5.73 Å². The number of aliphatic hydroxyl groups is 1. The first-order chi connectivity index (χ1) is 6.60. The number of terminal acetylenes is 1. The minimum Gasteiger partial charge on any atom is -0.384 e. The monoisotopic (exact) mass is 256 g/mol. The van der Waals surface area contributed by atoms with Crippen LogP contribution in [-0.4, -0.2) is 16.2 Å². The number of nitrogens with zero attached hydrogens (tertiary/aromatic N) is 1. The van der Waals surface area contributed by atoms with Crippen molar-refractivity contribution in [1.29, 1.82) is 0 Å².